The van der Waals surface area contributed by atoms with E-state index in [1.165, 1.54) is 5.56 Å². The fourth-order valence-corrected chi connectivity index (χ4v) is 4.28. The molecule has 2 heterocycles. The first-order valence-electron chi connectivity index (χ1n) is 9.86. The van der Waals surface area contributed by atoms with Crippen molar-refractivity contribution in [3.05, 3.63) is 35.4 Å². The van der Waals surface area contributed by atoms with E-state index < -0.39 is 0 Å². The summed E-state index contributed by atoms with van der Waals surface area (Å²) >= 11 is 0. The molecule has 2 saturated heterocycles. The van der Waals surface area contributed by atoms with Gasteiger partial charge >= 0.3 is 0 Å². The Balaban J connectivity index is 1.60. The number of aryl methyl sites for hydroxylation is 1. The van der Waals surface area contributed by atoms with Gasteiger partial charge in [-0.25, -0.2) is 0 Å². The Labute approximate surface area is 157 Å². The van der Waals surface area contributed by atoms with Gasteiger partial charge in [0.1, 0.15) is 0 Å². The Hall–Kier alpha value is -1.39. The number of nitrogens with zero attached hydrogens (tertiary/aromatic N) is 1. The molecule has 4 heteroatoms. The van der Waals surface area contributed by atoms with Crippen LogP contribution < -0.4 is 0 Å². The van der Waals surface area contributed by atoms with E-state index in [1.807, 2.05) is 17.0 Å². The van der Waals surface area contributed by atoms with E-state index in [0.29, 0.717) is 32.4 Å². The molecule has 144 valence electrons. The maximum absolute atomic E-state index is 12.7. The molecule has 1 amide bonds. The van der Waals surface area contributed by atoms with Crippen molar-refractivity contribution in [1.29, 1.82) is 0 Å². The third-order valence-corrected chi connectivity index (χ3v) is 5.92. The van der Waals surface area contributed by atoms with Crippen LogP contribution in [0, 0.1) is 12.3 Å². The average Bonchev–Trinajstić information content (AvgIpc) is 2.54. The highest BCUT2D eigenvalue weighted by Crippen LogP contribution is 2.42. The number of ether oxygens (including phenoxy) is 1. The number of rotatable bonds is 2. The maximum atomic E-state index is 12.7. The lowest BCUT2D eigenvalue weighted by Crippen LogP contribution is -2.56. The number of carbonyl (C=O) groups excluding carboxylic acids is 1. The van der Waals surface area contributed by atoms with Crippen molar-refractivity contribution in [3.8, 4) is 0 Å². The number of likely N-dealkylation sites (tertiary alicyclic amines) is 1. The van der Waals surface area contributed by atoms with Gasteiger partial charge in [-0.15, -0.1) is 0 Å². The molecular weight excluding hydrogens is 326 g/mol. The largest absolute Gasteiger partial charge is 0.393 e. The summed E-state index contributed by atoms with van der Waals surface area (Å²) in [5.41, 5.74) is 2.01. The minimum atomic E-state index is -0.303. The van der Waals surface area contributed by atoms with Gasteiger partial charge in [0.25, 0.3) is 0 Å². The molecular formula is C22H33NO3. The Morgan fingerprint density at radius 3 is 2.62 bits per heavy atom. The second kappa shape index (κ2) is 7.32. The Kier molecular flexibility index (Phi) is 5.45. The van der Waals surface area contributed by atoms with Crippen LogP contribution in [0.3, 0.4) is 0 Å². The average molecular weight is 360 g/mol. The monoisotopic (exact) mass is 359 g/mol. The van der Waals surface area contributed by atoms with Crippen LogP contribution in [0.5, 0.6) is 0 Å². The predicted molar refractivity (Wildman–Crippen MR) is 103 cm³/mol. The van der Waals surface area contributed by atoms with Gasteiger partial charge < -0.3 is 14.7 Å². The third-order valence-electron chi connectivity index (χ3n) is 5.92. The SMILES string of the molecule is Cc1cccc(CC(=O)N2CCC3(CC2)C[C@H](O)C[C@H](C(C)(C)C)O3)c1. The summed E-state index contributed by atoms with van der Waals surface area (Å²) in [6, 6.07) is 8.16. The maximum Gasteiger partial charge on any atom is 0.226 e. The zero-order chi connectivity index (χ0) is 18.9. The predicted octanol–water partition coefficient (Wildman–Crippen LogP) is 3.48. The first kappa shape index (κ1) is 19.4. The number of hydrogen-bond donors (Lipinski definition) is 1. The molecule has 0 saturated carbocycles. The van der Waals surface area contributed by atoms with Crippen molar-refractivity contribution < 1.29 is 14.6 Å². The molecule has 0 bridgehead atoms. The lowest BCUT2D eigenvalue weighted by molar-refractivity contribution is -0.207. The molecule has 1 spiro atoms. The molecule has 3 rings (SSSR count). The molecule has 0 aromatic heterocycles. The number of hydrogen-bond acceptors (Lipinski definition) is 3. The highest BCUT2D eigenvalue weighted by Gasteiger charge is 2.46. The molecule has 26 heavy (non-hydrogen) atoms. The molecule has 1 aromatic carbocycles. The standard InChI is InChI=1S/C22H33NO3/c1-16-6-5-7-17(12-16)13-20(25)23-10-8-22(9-11-23)15-18(24)14-19(26-22)21(2,3)4/h5-7,12,18-19,24H,8-11,13-15H2,1-4H3/t18-,19-/m1/s1. The van der Waals surface area contributed by atoms with E-state index in [9.17, 15) is 9.90 Å². The van der Waals surface area contributed by atoms with E-state index >= 15 is 0 Å². The molecule has 0 radical (unpaired) electrons. The Morgan fingerprint density at radius 1 is 1.31 bits per heavy atom. The van der Waals surface area contributed by atoms with E-state index in [1.54, 1.807) is 0 Å². The van der Waals surface area contributed by atoms with Gasteiger partial charge in [0.2, 0.25) is 5.91 Å². The van der Waals surface area contributed by atoms with Gasteiger partial charge in [0, 0.05) is 25.9 Å². The molecule has 4 nitrogen and oxygen atoms in total. The van der Waals surface area contributed by atoms with Crippen molar-refractivity contribution >= 4 is 5.91 Å². The first-order chi connectivity index (χ1) is 12.2. The van der Waals surface area contributed by atoms with Crippen LogP contribution in [0.25, 0.3) is 0 Å². The number of benzene rings is 1. The number of piperidine rings is 1. The fraction of sp³-hybridized carbons (Fsp3) is 0.682. The zero-order valence-electron chi connectivity index (χ0n) is 16.6. The van der Waals surface area contributed by atoms with E-state index in [0.717, 1.165) is 18.4 Å². The van der Waals surface area contributed by atoms with E-state index in [2.05, 4.69) is 39.8 Å². The quantitative estimate of drug-likeness (QED) is 0.879. The van der Waals surface area contributed by atoms with Gasteiger partial charge in [-0.3, -0.25) is 4.79 Å². The molecule has 1 N–H and O–H groups in total. The molecule has 2 atom stereocenters. The number of aliphatic hydroxyl groups excluding tert-OH is 1. The summed E-state index contributed by atoms with van der Waals surface area (Å²) in [7, 11) is 0. The number of carbonyl (C=O) groups is 1. The fourth-order valence-electron chi connectivity index (χ4n) is 4.28. The minimum absolute atomic E-state index is 0.0204. The minimum Gasteiger partial charge on any atom is -0.393 e. The molecule has 2 fully saturated rings. The normalized spacial score (nSPS) is 26.1. The summed E-state index contributed by atoms with van der Waals surface area (Å²) in [6.45, 7) is 10.00. The van der Waals surface area contributed by atoms with Gasteiger partial charge in [0.05, 0.1) is 24.2 Å². The lowest BCUT2D eigenvalue weighted by Gasteiger charge is -2.50. The number of amides is 1. The van der Waals surface area contributed by atoms with Gasteiger partial charge in [-0.1, -0.05) is 50.6 Å². The van der Waals surface area contributed by atoms with E-state index in [-0.39, 0.29) is 29.1 Å². The second-order valence-electron chi connectivity index (χ2n) is 9.30. The molecule has 0 unspecified atom stereocenters. The molecule has 2 aliphatic heterocycles. The lowest BCUT2D eigenvalue weighted by atomic mass is 9.76. The van der Waals surface area contributed by atoms with Crippen molar-refractivity contribution in [2.75, 3.05) is 13.1 Å². The topological polar surface area (TPSA) is 49.8 Å². The van der Waals surface area contributed by atoms with Gasteiger partial charge in [0.15, 0.2) is 0 Å². The Bertz CT molecular complexity index is 641. The summed E-state index contributed by atoms with van der Waals surface area (Å²) in [5, 5.41) is 10.4. The van der Waals surface area contributed by atoms with Crippen molar-refractivity contribution in [1.82, 2.24) is 4.90 Å². The first-order valence-corrected chi connectivity index (χ1v) is 9.86. The molecule has 1 aromatic rings. The number of aliphatic hydroxyl groups is 1. The summed E-state index contributed by atoms with van der Waals surface area (Å²) in [4.78, 5) is 14.6. The van der Waals surface area contributed by atoms with Crippen molar-refractivity contribution in [3.63, 3.8) is 0 Å². The van der Waals surface area contributed by atoms with Gasteiger partial charge in [-0.2, -0.15) is 0 Å². The Morgan fingerprint density at radius 2 is 2.00 bits per heavy atom. The molecule has 0 aliphatic carbocycles. The molecule has 2 aliphatic rings. The van der Waals surface area contributed by atoms with Crippen LogP contribution >= 0.6 is 0 Å². The van der Waals surface area contributed by atoms with Crippen LogP contribution in [0.2, 0.25) is 0 Å². The summed E-state index contributed by atoms with van der Waals surface area (Å²) < 4.78 is 6.51. The van der Waals surface area contributed by atoms with Crippen LogP contribution in [-0.4, -0.2) is 46.8 Å². The summed E-state index contributed by atoms with van der Waals surface area (Å²) in [6.07, 6.45) is 3.26. The van der Waals surface area contributed by atoms with Crippen LogP contribution in [0.15, 0.2) is 24.3 Å². The third kappa shape index (κ3) is 4.47. The summed E-state index contributed by atoms with van der Waals surface area (Å²) in [5.74, 6) is 0.189. The van der Waals surface area contributed by atoms with Crippen LogP contribution in [0.4, 0.5) is 0 Å². The van der Waals surface area contributed by atoms with E-state index in [4.69, 9.17) is 4.74 Å². The van der Waals surface area contributed by atoms with Crippen LogP contribution in [-0.2, 0) is 16.0 Å². The zero-order valence-corrected chi connectivity index (χ0v) is 16.6. The highest BCUT2D eigenvalue weighted by atomic mass is 16.5. The second-order valence-corrected chi connectivity index (χ2v) is 9.30. The highest BCUT2D eigenvalue weighted by molar-refractivity contribution is 5.79. The van der Waals surface area contributed by atoms with Gasteiger partial charge in [-0.05, 0) is 30.7 Å². The smallest absolute Gasteiger partial charge is 0.226 e. The van der Waals surface area contributed by atoms with Crippen molar-refractivity contribution in [2.24, 2.45) is 5.41 Å². The van der Waals surface area contributed by atoms with Crippen LogP contribution in [0.1, 0.15) is 57.6 Å². The van der Waals surface area contributed by atoms with Crippen molar-refractivity contribution in [2.45, 2.75) is 77.6 Å².